The molecule has 4 rings (SSSR count). The maximum atomic E-state index is 12.6. The summed E-state index contributed by atoms with van der Waals surface area (Å²) in [4.78, 5) is 14.5. The Morgan fingerprint density at radius 2 is 2.00 bits per heavy atom. The predicted octanol–water partition coefficient (Wildman–Crippen LogP) is 5.19. The highest BCUT2D eigenvalue weighted by atomic mass is 35.5. The number of carboxylic acids is 1. The van der Waals surface area contributed by atoms with Crippen LogP contribution in [0, 0.1) is 0 Å². The van der Waals surface area contributed by atoms with Gasteiger partial charge in [0.15, 0.2) is 11.5 Å². The topological polar surface area (TPSA) is 80.3 Å². The zero-order valence-corrected chi connectivity index (χ0v) is 20.2. The summed E-state index contributed by atoms with van der Waals surface area (Å²) in [5.74, 6) is 1.79. The van der Waals surface area contributed by atoms with Crippen LogP contribution in [-0.2, 0) is 17.1 Å². The molecule has 0 bridgehead atoms. The second kappa shape index (κ2) is 10.1. The molecule has 176 valence electrons. The van der Waals surface area contributed by atoms with Gasteiger partial charge in [-0.15, -0.1) is 11.8 Å². The number of ether oxygens (including phenoxy) is 3. The van der Waals surface area contributed by atoms with Crippen LogP contribution in [0.25, 0.3) is 0 Å². The number of rotatable bonds is 10. The van der Waals surface area contributed by atoms with Gasteiger partial charge in [0.05, 0.1) is 12.1 Å². The zero-order valence-electron chi connectivity index (χ0n) is 18.6. The van der Waals surface area contributed by atoms with Crippen molar-refractivity contribution in [1.82, 2.24) is 10.2 Å². The molecule has 2 N–H and O–H groups in total. The number of aliphatic carboxylic acids is 1. The van der Waals surface area contributed by atoms with E-state index in [4.69, 9.17) is 25.8 Å². The van der Waals surface area contributed by atoms with E-state index in [9.17, 15) is 9.90 Å². The molecule has 1 atom stereocenters. The Kier molecular flexibility index (Phi) is 7.14. The molecular formula is C24H27ClN2O5S. The normalized spacial score (nSPS) is 18.8. The number of nitrogens with one attached hydrogen (secondary N) is 1. The number of fused-ring (bicyclic) bond motifs is 1. The predicted molar refractivity (Wildman–Crippen MR) is 129 cm³/mol. The van der Waals surface area contributed by atoms with Gasteiger partial charge in [-0.2, -0.15) is 0 Å². The van der Waals surface area contributed by atoms with Crippen LogP contribution in [0.2, 0.25) is 5.02 Å². The quantitative estimate of drug-likeness (QED) is 0.471. The largest absolute Gasteiger partial charge is 0.497 e. The highest BCUT2D eigenvalue weighted by molar-refractivity contribution is 8.02. The van der Waals surface area contributed by atoms with E-state index < -0.39 is 11.6 Å². The summed E-state index contributed by atoms with van der Waals surface area (Å²) in [6.45, 7) is 2.52. The van der Waals surface area contributed by atoms with E-state index in [1.54, 1.807) is 31.1 Å². The molecule has 2 aromatic rings. The monoisotopic (exact) mass is 490 g/mol. The number of thioether (sulfide) groups is 1. The van der Waals surface area contributed by atoms with Gasteiger partial charge in [-0.3, -0.25) is 0 Å². The summed E-state index contributed by atoms with van der Waals surface area (Å²) >= 11 is 8.13. The van der Waals surface area contributed by atoms with E-state index in [-0.39, 0.29) is 6.79 Å². The van der Waals surface area contributed by atoms with Crippen LogP contribution in [0.15, 0.2) is 47.6 Å². The molecule has 33 heavy (non-hydrogen) atoms. The van der Waals surface area contributed by atoms with Gasteiger partial charge in [-0.05, 0) is 35.7 Å². The highest BCUT2D eigenvalue weighted by Crippen LogP contribution is 2.42. The van der Waals surface area contributed by atoms with Gasteiger partial charge in [-0.1, -0.05) is 37.1 Å². The van der Waals surface area contributed by atoms with Gasteiger partial charge >= 0.3 is 5.97 Å². The third-order valence-electron chi connectivity index (χ3n) is 5.82. The van der Waals surface area contributed by atoms with Crippen molar-refractivity contribution in [1.29, 1.82) is 0 Å². The lowest BCUT2D eigenvalue weighted by Crippen LogP contribution is -2.57. The third-order valence-corrected chi connectivity index (χ3v) is 7.29. The first kappa shape index (κ1) is 23.4. The summed E-state index contributed by atoms with van der Waals surface area (Å²) in [6, 6.07) is 11.4. The van der Waals surface area contributed by atoms with Gasteiger partial charge < -0.3 is 29.5 Å². The second-order valence-corrected chi connectivity index (χ2v) is 9.32. The minimum Gasteiger partial charge on any atom is -0.497 e. The lowest BCUT2D eigenvalue weighted by molar-refractivity contribution is -0.151. The van der Waals surface area contributed by atoms with Gasteiger partial charge in [0.25, 0.3) is 0 Å². The molecule has 2 aromatic carbocycles. The Bertz CT molecular complexity index is 1050. The Labute approximate surface area is 202 Å². The second-order valence-electron chi connectivity index (χ2n) is 7.92. The Morgan fingerprint density at radius 3 is 2.67 bits per heavy atom. The van der Waals surface area contributed by atoms with E-state index in [2.05, 4.69) is 12.2 Å². The standard InChI is InChI=1S/C24H27ClN2O5S/c1-3-4-9-24(23(28)29)26-12-22(33-14-16-5-7-18(30-2)8-6-16)27(24)13-17-10-20-21(11-19(17)25)32-15-31-20/h5-8,10-12,26H,3-4,9,13-15H2,1-2H3,(H,28,29). The van der Waals surface area contributed by atoms with Gasteiger partial charge in [-0.25, -0.2) is 4.79 Å². The molecule has 0 aromatic heterocycles. The first-order valence-electron chi connectivity index (χ1n) is 10.8. The smallest absolute Gasteiger partial charge is 0.350 e. The van der Waals surface area contributed by atoms with Crippen molar-refractivity contribution in [2.75, 3.05) is 13.9 Å². The average molecular weight is 491 g/mol. The van der Waals surface area contributed by atoms with Crippen LogP contribution in [0.4, 0.5) is 0 Å². The maximum Gasteiger partial charge on any atom is 0.350 e. The van der Waals surface area contributed by atoms with Crippen molar-refractivity contribution < 1.29 is 24.1 Å². The van der Waals surface area contributed by atoms with Crippen molar-refractivity contribution in [2.45, 2.75) is 44.1 Å². The summed E-state index contributed by atoms with van der Waals surface area (Å²) in [5.41, 5.74) is 0.657. The van der Waals surface area contributed by atoms with Crippen LogP contribution >= 0.6 is 23.4 Å². The van der Waals surface area contributed by atoms with Crippen molar-refractivity contribution >= 4 is 29.3 Å². The lowest BCUT2D eigenvalue weighted by atomic mass is 10.0. The Balaban J connectivity index is 1.60. The van der Waals surface area contributed by atoms with Crippen LogP contribution < -0.4 is 19.5 Å². The fourth-order valence-corrected chi connectivity index (χ4v) is 5.15. The summed E-state index contributed by atoms with van der Waals surface area (Å²) in [7, 11) is 1.64. The van der Waals surface area contributed by atoms with Gasteiger partial charge in [0.2, 0.25) is 12.5 Å². The van der Waals surface area contributed by atoms with Crippen LogP contribution in [0.5, 0.6) is 17.2 Å². The summed E-state index contributed by atoms with van der Waals surface area (Å²) in [6.07, 6.45) is 3.93. The van der Waals surface area contributed by atoms with Gasteiger partial charge in [0, 0.05) is 36.0 Å². The number of hydrogen-bond donors (Lipinski definition) is 2. The number of unbranched alkanes of at least 4 members (excludes halogenated alkanes) is 1. The van der Waals surface area contributed by atoms with Crippen molar-refractivity contribution in [2.24, 2.45) is 0 Å². The number of halogens is 1. The maximum absolute atomic E-state index is 12.6. The van der Waals surface area contributed by atoms with Gasteiger partial charge in [0.1, 0.15) is 5.75 Å². The molecular weight excluding hydrogens is 464 g/mol. The molecule has 0 saturated carbocycles. The molecule has 9 heteroatoms. The highest BCUT2D eigenvalue weighted by Gasteiger charge is 2.48. The van der Waals surface area contributed by atoms with E-state index in [0.29, 0.717) is 35.2 Å². The first-order valence-corrected chi connectivity index (χ1v) is 12.2. The van der Waals surface area contributed by atoms with Crippen molar-refractivity contribution in [3.05, 3.63) is 63.8 Å². The molecule has 2 aliphatic heterocycles. The number of nitrogens with zero attached hydrogens (tertiary/aromatic N) is 1. The summed E-state index contributed by atoms with van der Waals surface area (Å²) in [5, 5.41) is 14.8. The van der Waals surface area contributed by atoms with Crippen LogP contribution in [0.1, 0.15) is 37.3 Å². The Morgan fingerprint density at radius 1 is 1.27 bits per heavy atom. The number of hydrogen-bond acceptors (Lipinski definition) is 7. The fourth-order valence-electron chi connectivity index (χ4n) is 3.91. The minimum absolute atomic E-state index is 0.152. The molecule has 1 unspecified atom stereocenters. The molecule has 2 heterocycles. The van der Waals surface area contributed by atoms with Crippen LogP contribution in [-0.4, -0.2) is 35.5 Å². The number of benzene rings is 2. The molecule has 0 fully saturated rings. The number of carbonyl (C=O) groups is 1. The zero-order chi connectivity index (χ0) is 23.4. The molecule has 0 spiro atoms. The molecule has 0 amide bonds. The molecule has 2 aliphatic rings. The van der Waals surface area contributed by atoms with Crippen molar-refractivity contribution in [3.8, 4) is 17.2 Å². The average Bonchev–Trinajstić information content (AvgIpc) is 3.41. The van der Waals surface area contributed by atoms with E-state index in [1.807, 2.05) is 35.2 Å². The lowest BCUT2D eigenvalue weighted by Gasteiger charge is -2.38. The van der Waals surface area contributed by atoms with E-state index >= 15 is 0 Å². The molecule has 0 radical (unpaired) electrons. The Hall–Kier alpha value is -2.71. The first-order chi connectivity index (χ1) is 16.0. The number of carboxylic acid groups (broad SMARTS) is 1. The third kappa shape index (κ3) is 4.82. The minimum atomic E-state index is -1.24. The number of methoxy groups -OCH3 is 1. The van der Waals surface area contributed by atoms with E-state index in [1.165, 1.54) is 0 Å². The molecule has 0 aliphatic carbocycles. The van der Waals surface area contributed by atoms with Crippen LogP contribution in [0.3, 0.4) is 0 Å². The summed E-state index contributed by atoms with van der Waals surface area (Å²) < 4.78 is 16.2. The van der Waals surface area contributed by atoms with E-state index in [0.717, 1.165) is 34.7 Å². The fraction of sp³-hybridized carbons (Fsp3) is 0.375. The SMILES string of the molecule is CCCCC1(C(=O)O)NC=C(SCc2ccc(OC)cc2)N1Cc1cc2c(cc1Cl)OCO2. The molecule has 7 nitrogen and oxygen atoms in total. The van der Waals surface area contributed by atoms with Crippen molar-refractivity contribution in [3.63, 3.8) is 0 Å². The molecule has 0 saturated heterocycles.